The Morgan fingerprint density at radius 3 is 2.77 bits per heavy atom. The fourth-order valence-corrected chi connectivity index (χ4v) is 5.07. The van der Waals surface area contributed by atoms with Crippen molar-refractivity contribution in [1.82, 2.24) is 10.3 Å². The summed E-state index contributed by atoms with van der Waals surface area (Å²) in [6.07, 6.45) is 1.73. The molecule has 1 saturated heterocycles. The first-order valence-corrected chi connectivity index (χ1v) is 12.6. The number of ether oxygens (including phenoxy) is 2. The number of anilines is 2. The monoisotopic (exact) mass is 485 g/mol. The largest absolute Gasteiger partial charge is 0.465 e. The third-order valence-electron chi connectivity index (χ3n) is 5.98. The van der Waals surface area contributed by atoms with E-state index in [1.165, 1.54) is 12.7 Å². The lowest BCUT2D eigenvalue weighted by molar-refractivity contribution is 0.0280. The van der Waals surface area contributed by atoms with Crippen LogP contribution >= 0.6 is 11.8 Å². The zero-order valence-corrected chi connectivity index (χ0v) is 20.3. The number of nitrogens with one attached hydrogen (secondary N) is 2. The maximum Gasteiger partial charge on any atom is 0.339 e. The van der Waals surface area contributed by atoms with E-state index in [4.69, 9.17) is 14.5 Å². The van der Waals surface area contributed by atoms with Crippen LogP contribution in [-0.4, -0.2) is 37.8 Å². The number of pyridine rings is 1. The van der Waals surface area contributed by atoms with Gasteiger partial charge in [0.15, 0.2) is 0 Å². The highest BCUT2D eigenvalue weighted by molar-refractivity contribution is 7.98. The topological polar surface area (TPSA) is 72.5 Å². The Labute approximate surface area is 209 Å². The van der Waals surface area contributed by atoms with Gasteiger partial charge in [-0.15, -0.1) is 11.8 Å². The molecule has 0 bridgehead atoms. The highest BCUT2D eigenvalue weighted by Crippen LogP contribution is 2.37. The van der Waals surface area contributed by atoms with Crippen LogP contribution in [-0.2, 0) is 15.2 Å². The molecule has 5 rings (SSSR count). The summed E-state index contributed by atoms with van der Waals surface area (Å²) in [5.41, 5.74) is 5.15. The van der Waals surface area contributed by atoms with Gasteiger partial charge in [0.05, 0.1) is 42.3 Å². The van der Waals surface area contributed by atoms with Gasteiger partial charge < -0.3 is 20.1 Å². The molecule has 1 atom stereocenters. The minimum Gasteiger partial charge on any atom is -0.465 e. The van der Waals surface area contributed by atoms with E-state index in [-0.39, 0.29) is 12.1 Å². The smallest absolute Gasteiger partial charge is 0.339 e. The Bertz CT molecular complexity index is 1320. The number of nitrogens with zero attached hydrogens (tertiary/aromatic N) is 1. The van der Waals surface area contributed by atoms with E-state index in [0.29, 0.717) is 24.4 Å². The van der Waals surface area contributed by atoms with Gasteiger partial charge in [0.2, 0.25) is 0 Å². The molecule has 0 spiro atoms. The van der Waals surface area contributed by atoms with Gasteiger partial charge in [-0.05, 0) is 35.9 Å². The van der Waals surface area contributed by atoms with Crippen LogP contribution in [0.4, 0.5) is 11.4 Å². The second kappa shape index (κ2) is 10.9. The van der Waals surface area contributed by atoms with Crippen LogP contribution in [0.1, 0.15) is 27.6 Å². The fraction of sp³-hybridized carbons (Fsp3) is 0.214. The predicted molar refractivity (Wildman–Crippen MR) is 140 cm³/mol. The van der Waals surface area contributed by atoms with Gasteiger partial charge in [-0.1, -0.05) is 42.5 Å². The Balaban J connectivity index is 1.57. The molecule has 1 fully saturated rings. The number of aromatic nitrogens is 1. The summed E-state index contributed by atoms with van der Waals surface area (Å²) in [7, 11) is 1.39. The molecule has 0 aliphatic carbocycles. The first-order valence-electron chi connectivity index (χ1n) is 11.6. The fourth-order valence-electron chi connectivity index (χ4n) is 4.18. The number of fused-ring (bicyclic) bond motifs is 1. The van der Waals surface area contributed by atoms with Gasteiger partial charge >= 0.3 is 5.97 Å². The molecule has 0 amide bonds. The number of rotatable bonds is 7. The average Bonchev–Trinajstić information content (AvgIpc) is 2.93. The highest BCUT2D eigenvalue weighted by atomic mass is 32.2. The van der Waals surface area contributed by atoms with Crippen molar-refractivity contribution >= 4 is 40.0 Å². The Morgan fingerprint density at radius 2 is 1.97 bits per heavy atom. The van der Waals surface area contributed by atoms with Crippen LogP contribution in [0.2, 0.25) is 0 Å². The molecule has 178 valence electrons. The molecule has 1 unspecified atom stereocenters. The quantitative estimate of drug-likeness (QED) is 0.256. The van der Waals surface area contributed by atoms with Crippen molar-refractivity contribution < 1.29 is 14.3 Å². The molecule has 0 saturated carbocycles. The SMILES string of the molecule is COC(=O)c1ccccc1Nc1c(C2CNCCO2)cnc2ccc(SCc3ccccc3)cc12. The number of carbonyl (C=O) groups is 1. The summed E-state index contributed by atoms with van der Waals surface area (Å²) in [6.45, 7) is 2.16. The summed E-state index contributed by atoms with van der Waals surface area (Å²) in [5.74, 6) is 0.492. The number of benzene rings is 3. The molecule has 6 nitrogen and oxygen atoms in total. The lowest BCUT2D eigenvalue weighted by Crippen LogP contribution is -2.33. The van der Waals surface area contributed by atoms with Crippen molar-refractivity contribution in [2.24, 2.45) is 0 Å². The molecule has 1 aliphatic rings. The van der Waals surface area contributed by atoms with E-state index in [2.05, 4.69) is 47.0 Å². The van der Waals surface area contributed by atoms with E-state index >= 15 is 0 Å². The standard InChI is InChI=1S/C28H27N3O3S/c1-33-28(32)21-9-5-6-10-25(21)31-27-22-15-20(35-18-19-7-3-2-4-8-19)11-12-24(22)30-16-23(27)26-17-29-13-14-34-26/h2-12,15-16,26,29H,13-14,17-18H2,1H3,(H,30,31). The molecule has 7 heteroatoms. The second-order valence-electron chi connectivity index (χ2n) is 8.27. The number of thioether (sulfide) groups is 1. The third-order valence-corrected chi connectivity index (χ3v) is 7.05. The number of esters is 1. The number of methoxy groups -OCH3 is 1. The molecule has 4 aromatic rings. The number of carbonyl (C=O) groups excluding carboxylic acids is 1. The van der Waals surface area contributed by atoms with Gasteiger partial charge in [-0.25, -0.2) is 4.79 Å². The number of hydrogen-bond donors (Lipinski definition) is 2. The summed E-state index contributed by atoms with van der Waals surface area (Å²) in [6, 6.07) is 24.1. The Kier molecular flexibility index (Phi) is 7.28. The first-order chi connectivity index (χ1) is 17.2. The molecule has 35 heavy (non-hydrogen) atoms. The molecule has 2 heterocycles. The number of hydrogen-bond acceptors (Lipinski definition) is 7. The molecule has 1 aliphatic heterocycles. The minimum absolute atomic E-state index is 0.144. The Morgan fingerprint density at radius 1 is 1.14 bits per heavy atom. The van der Waals surface area contributed by atoms with Crippen LogP contribution < -0.4 is 10.6 Å². The first kappa shape index (κ1) is 23.4. The minimum atomic E-state index is -0.386. The average molecular weight is 486 g/mol. The van der Waals surface area contributed by atoms with Gasteiger partial charge in [0, 0.05) is 40.9 Å². The van der Waals surface area contributed by atoms with Crippen LogP contribution in [0.15, 0.2) is 83.9 Å². The molecule has 0 radical (unpaired) electrons. The van der Waals surface area contributed by atoms with Crippen LogP contribution in [0, 0.1) is 0 Å². The van der Waals surface area contributed by atoms with Crippen molar-refractivity contribution in [3.05, 3.63) is 95.7 Å². The molecule has 1 aromatic heterocycles. The van der Waals surface area contributed by atoms with Crippen LogP contribution in [0.5, 0.6) is 0 Å². The van der Waals surface area contributed by atoms with Crippen molar-refractivity contribution in [3.63, 3.8) is 0 Å². The summed E-state index contributed by atoms with van der Waals surface area (Å²) in [4.78, 5) is 18.3. The van der Waals surface area contributed by atoms with Crippen molar-refractivity contribution in [3.8, 4) is 0 Å². The van der Waals surface area contributed by atoms with Crippen molar-refractivity contribution in [2.75, 3.05) is 32.1 Å². The number of morpholine rings is 1. The summed E-state index contributed by atoms with van der Waals surface area (Å²) < 4.78 is 11.1. The zero-order valence-electron chi connectivity index (χ0n) is 19.5. The summed E-state index contributed by atoms with van der Waals surface area (Å²) in [5, 5.41) is 7.92. The number of para-hydroxylation sites is 1. The van der Waals surface area contributed by atoms with Gasteiger partial charge in [-0.3, -0.25) is 4.98 Å². The van der Waals surface area contributed by atoms with E-state index in [1.54, 1.807) is 17.8 Å². The van der Waals surface area contributed by atoms with Gasteiger partial charge in [0.25, 0.3) is 0 Å². The van der Waals surface area contributed by atoms with Crippen LogP contribution in [0.3, 0.4) is 0 Å². The third kappa shape index (κ3) is 5.32. The van der Waals surface area contributed by atoms with Crippen LogP contribution in [0.25, 0.3) is 10.9 Å². The zero-order chi connectivity index (χ0) is 24.0. The van der Waals surface area contributed by atoms with E-state index < -0.39 is 0 Å². The molecular weight excluding hydrogens is 458 g/mol. The molecule has 2 N–H and O–H groups in total. The Hall–Kier alpha value is -3.39. The van der Waals surface area contributed by atoms with E-state index in [0.717, 1.165) is 39.3 Å². The second-order valence-corrected chi connectivity index (χ2v) is 9.32. The maximum absolute atomic E-state index is 12.4. The lowest BCUT2D eigenvalue weighted by atomic mass is 10.0. The summed E-state index contributed by atoms with van der Waals surface area (Å²) >= 11 is 1.78. The highest BCUT2D eigenvalue weighted by Gasteiger charge is 2.23. The van der Waals surface area contributed by atoms with Gasteiger partial charge in [0.1, 0.15) is 0 Å². The molecular formula is C28H27N3O3S. The van der Waals surface area contributed by atoms with Crippen molar-refractivity contribution in [1.29, 1.82) is 0 Å². The van der Waals surface area contributed by atoms with Crippen molar-refractivity contribution in [2.45, 2.75) is 16.8 Å². The van der Waals surface area contributed by atoms with Gasteiger partial charge in [-0.2, -0.15) is 0 Å². The van der Waals surface area contributed by atoms with E-state index in [1.807, 2.05) is 36.5 Å². The van der Waals surface area contributed by atoms with E-state index in [9.17, 15) is 4.79 Å². The lowest BCUT2D eigenvalue weighted by Gasteiger charge is -2.27. The normalized spacial score (nSPS) is 15.6. The maximum atomic E-state index is 12.4. The predicted octanol–water partition coefficient (Wildman–Crippen LogP) is 5.72. The molecule has 3 aromatic carbocycles.